The van der Waals surface area contributed by atoms with Gasteiger partial charge in [0.15, 0.2) is 0 Å². The molecule has 0 amide bonds. The zero-order valence-corrected chi connectivity index (χ0v) is 8.27. The molecule has 0 saturated carbocycles. The Balaban J connectivity index is 0.000000561. The topological polar surface area (TPSA) is 28.2 Å². The van der Waals surface area contributed by atoms with Gasteiger partial charge in [0.05, 0.1) is 19.6 Å². The van der Waals surface area contributed by atoms with Gasteiger partial charge in [-0.05, 0) is 25.7 Å². The molecule has 2 nitrogen and oxygen atoms in total. The van der Waals surface area contributed by atoms with Crippen LogP contribution in [0.2, 0.25) is 0 Å². The quantitative estimate of drug-likeness (QED) is 0.611. The van der Waals surface area contributed by atoms with Crippen molar-refractivity contribution in [2.45, 2.75) is 45.1 Å². The zero-order chi connectivity index (χ0) is 9.40. The van der Waals surface area contributed by atoms with Crippen LogP contribution < -0.4 is 4.90 Å². The van der Waals surface area contributed by atoms with E-state index in [1.165, 1.54) is 38.6 Å². The van der Waals surface area contributed by atoms with E-state index in [9.17, 15) is 0 Å². The summed E-state index contributed by atoms with van der Waals surface area (Å²) < 4.78 is 0. The predicted octanol–water partition coefficient (Wildman–Crippen LogP) is 0.950. The molecule has 1 heterocycles. The highest BCUT2D eigenvalue weighted by Gasteiger charge is 2.20. The van der Waals surface area contributed by atoms with Gasteiger partial charge in [-0.25, -0.2) is 0 Å². The van der Waals surface area contributed by atoms with E-state index in [4.69, 9.17) is 11.8 Å². The molecule has 0 aromatic carbocycles. The third-order valence-electron chi connectivity index (χ3n) is 2.71. The molecule has 0 bridgehead atoms. The van der Waals surface area contributed by atoms with Crippen molar-refractivity contribution in [3.05, 3.63) is 6.57 Å². The fourth-order valence-corrected chi connectivity index (χ4v) is 1.98. The minimum Gasteiger partial charge on any atom is -0.512 e. The molecule has 0 aliphatic carbocycles. The molecule has 1 rings (SSSR count). The summed E-state index contributed by atoms with van der Waals surface area (Å²) in [7, 11) is 2.35. The maximum Gasteiger partial charge on any atom is 0.0872 e. The first-order valence-corrected chi connectivity index (χ1v) is 4.89. The van der Waals surface area contributed by atoms with E-state index in [0.29, 0.717) is 0 Å². The number of nitrogens with zero attached hydrogens (tertiary/aromatic N) is 1. The van der Waals surface area contributed by atoms with Crippen molar-refractivity contribution < 1.29 is 4.90 Å². The lowest BCUT2D eigenvalue weighted by Crippen LogP contribution is -3.13. The molecule has 1 aliphatic heterocycles. The molecule has 0 radical (unpaired) electrons. The number of rotatable bonds is 2. The first kappa shape index (κ1) is 11.4. The Labute approximate surface area is 76.2 Å². The molecule has 2 atom stereocenters. The summed E-state index contributed by atoms with van der Waals surface area (Å²) in [5.74, 6) is 0. The third-order valence-corrected chi connectivity index (χ3v) is 2.71. The summed E-state index contributed by atoms with van der Waals surface area (Å²) in [6.07, 6.45) is 7.20. The molecule has 1 fully saturated rings. The van der Waals surface area contributed by atoms with E-state index in [1.807, 2.05) is 0 Å². The van der Waals surface area contributed by atoms with E-state index in [1.54, 1.807) is 4.90 Å². The van der Waals surface area contributed by atoms with Gasteiger partial charge < -0.3 is 16.7 Å². The molecule has 0 aromatic heterocycles. The van der Waals surface area contributed by atoms with Gasteiger partial charge >= 0.3 is 0 Å². The van der Waals surface area contributed by atoms with Crippen molar-refractivity contribution >= 4 is 0 Å². The highest BCUT2D eigenvalue weighted by atomic mass is 15.1. The minimum atomic E-state index is 0.985. The van der Waals surface area contributed by atoms with Gasteiger partial charge in [0.25, 0.3) is 0 Å². The Bertz CT molecular complexity index is 118. The second kappa shape index (κ2) is 7.12. The number of nitrogens with one attached hydrogen (secondary N) is 1. The molecule has 12 heavy (non-hydrogen) atoms. The van der Waals surface area contributed by atoms with Crippen LogP contribution in [0.3, 0.4) is 0 Å². The van der Waals surface area contributed by atoms with Crippen molar-refractivity contribution in [3.63, 3.8) is 0 Å². The Morgan fingerprint density at radius 1 is 1.42 bits per heavy atom. The van der Waals surface area contributed by atoms with Gasteiger partial charge in [-0.1, -0.05) is 13.3 Å². The maximum absolute atomic E-state index is 6.25. The number of quaternary nitrogens is 1. The standard InChI is InChI=1S/C9H19N.CN/c1-3-6-9-7-4-5-8-10(9)2;1-2/h9H,3-8H2,1-2H3;/q;-1/p+1. The second-order valence-electron chi connectivity index (χ2n) is 3.58. The maximum atomic E-state index is 6.25. The predicted molar refractivity (Wildman–Crippen MR) is 49.3 cm³/mol. The summed E-state index contributed by atoms with van der Waals surface area (Å²) >= 11 is 0. The number of hydrogen-bond acceptors (Lipinski definition) is 1. The fourth-order valence-electron chi connectivity index (χ4n) is 1.98. The molecule has 0 spiro atoms. The van der Waals surface area contributed by atoms with E-state index in [-0.39, 0.29) is 0 Å². The summed E-state index contributed by atoms with van der Waals surface area (Å²) in [6.45, 7) is 8.45. The Kier molecular flexibility index (Phi) is 6.79. The van der Waals surface area contributed by atoms with Gasteiger partial charge in [0.2, 0.25) is 0 Å². The normalized spacial score (nSPS) is 28.7. The van der Waals surface area contributed by atoms with Crippen molar-refractivity contribution in [2.24, 2.45) is 0 Å². The molecule has 70 valence electrons. The third kappa shape index (κ3) is 3.73. The van der Waals surface area contributed by atoms with Crippen molar-refractivity contribution in [2.75, 3.05) is 13.6 Å². The summed E-state index contributed by atoms with van der Waals surface area (Å²) in [5, 5.41) is 6.25. The molecular weight excluding hydrogens is 148 g/mol. The SMILES string of the molecule is CCCC1CCCC[NH+]1C.[C-]#N. The fraction of sp³-hybridized carbons (Fsp3) is 0.900. The molecule has 1 saturated heterocycles. The van der Waals surface area contributed by atoms with Crippen LogP contribution in [-0.2, 0) is 0 Å². The Morgan fingerprint density at radius 3 is 2.58 bits per heavy atom. The number of hydrogen-bond donors (Lipinski definition) is 1. The lowest BCUT2D eigenvalue weighted by Gasteiger charge is -2.28. The molecule has 2 unspecified atom stereocenters. The van der Waals surface area contributed by atoms with Gasteiger partial charge in [0.1, 0.15) is 0 Å². The van der Waals surface area contributed by atoms with Crippen LogP contribution in [0.5, 0.6) is 0 Å². The van der Waals surface area contributed by atoms with Crippen molar-refractivity contribution in [3.8, 4) is 0 Å². The van der Waals surface area contributed by atoms with Crippen LogP contribution in [0.4, 0.5) is 0 Å². The van der Waals surface area contributed by atoms with E-state index >= 15 is 0 Å². The molecule has 1 N–H and O–H groups in total. The first-order valence-electron chi connectivity index (χ1n) is 4.89. The van der Waals surface area contributed by atoms with Crippen molar-refractivity contribution in [1.82, 2.24) is 0 Å². The Hall–Kier alpha value is -0.550. The highest BCUT2D eigenvalue weighted by Crippen LogP contribution is 2.06. The van der Waals surface area contributed by atoms with Crippen LogP contribution in [0.25, 0.3) is 0 Å². The van der Waals surface area contributed by atoms with E-state index in [2.05, 4.69) is 14.0 Å². The van der Waals surface area contributed by atoms with Gasteiger partial charge in [-0.2, -0.15) is 0 Å². The summed E-state index contributed by atoms with van der Waals surface area (Å²) in [4.78, 5) is 1.77. The van der Waals surface area contributed by atoms with Crippen LogP contribution in [0.1, 0.15) is 39.0 Å². The van der Waals surface area contributed by atoms with Crippen LogP contribution in [0.15, 0.2) is 0 Å². The Morgan fingerprint density at radius 2 is 2.08 bits per heavy atom. The van der Waals surface area contributed by atoms with Crippen LogP contribution in [0, 0.1) is 11.8 Å². The van der Waals surface area contributed by atoms with Gasteiger partial charge in [-0.3, -0.25) is 0 Å². The average Bonchev–Trinajstić information content (AvgIpc) is 2.13. The van der Waals surface area contributed by atoms with E-state index in [0.717, 1.165) is 6.04 Å². The second-order valence-corrected chi connectivity index (χ2v) is 3.58. The van der Waals surface area contributed by atoms with Crippen molar-refractivity contribution in [1.29, 1.82) is 5.26 Å². The average molecular weight is 168 g/mol. The smallest absolute Gasteiger partial charge is 0.0872 e. The monoisotopic (exact) mass is 168 g/mol. The molecule has 0 aromatic rings. The lowest BCUT2D eigenvalue weighted by atomic mass is 9.99. The van der Waals surface area contributed by atoms with Crippen LogP contribution >= 0.6 is 0 Å². The number of piperidine rings is 1. The summed E-state index contributed by atoms with van der Waals surface area (Å²) in [6, 6.07) is 0.985. The van der Waals surface area contributed by atoms with Gasteiger partial charge in [-0.15, -0.1) is 0 Å². The zero-order valence-electron chi connectivity index (χ0n) is 8.27. The molecule has 2 heteroatoms. The van der Waals surface area contributed by atoms with Crippen LogP contribution in [-0.4, -0.2) is 19.6 Å². The molecule has 1 aliphatic rings. The van der Waals surface area contributed by atoms with E-state index < -0.39 is 0 Å². The first-order chi connectivity index (χ1) is 5.84. The summed E-state index contributed by atoms with van der Waals surface area (Å²) in [5.41, 5.74) is 0. The lowest BCUT2D eigenvalue weighted by molar-refractivity contribution is -0.911. The van der Waals surface area contributed by atoms with Gasteiger partial charge in [0, 0.05) is 0 Å². The number of likely N-dealkylation sites (tertiary alicyclic amines) is 1. The minimum absolute atomic E-state index is 0.985. The highest BCUT2D eigenvalue weighted by molar-refractivity contribution is 4.59. The largest absolute Gasteiger partial charge is 0.512 e. The molecular formula is C10H20N2.